The summed E-state index contributed by atoms with van der Waals surface area (Å²) in [5.74, 6) is 0.673. The molecule has 0 aromatic heterocycles. The SMILES string of the molecule is O=C(Nc1ccc2c(c1)OCO2)C(=O)NC1CCNC(C2CCCCC2)C1. The van der Waals surface area contributed by atoms with Crippen LogP contribution in [0.4, 0.5) is 5.69 Å². The average Bonchev–Trinajstić information content (AvgIpc) is 3.16. The minimum absolute atomic E-state index is 0.0492. The zero-order valence-electron chi connectivity index (χ0n) is 15.5. The van der Waals surface area contributed by atoms with E-state index in [2.05, 4.69) is 16.0 Å². The number of carbonyl (C=O) groups excluding carboxylic acids is 2. The number of nitrogens with one attached hydrogen (secondary N) is 3. The first-order chi connectivity index (χ1) is 13.2. The van der Waals surface area contributed by atoms with Gasteiger partial charge in [0, 0.05) is 23.8 Å². The molecule has 1 aliphatic carbocycles. The van der Waals surface area contributed by atoms with E-state index in [0.717, 1.165) is 19.4 Å². The van der Waals surface area contributed by atoms with Gasteiger partial charge >= 0.3 is 11.8 Å². The number of anilines is 1. The second-order valence-electron chi connectivity index (χ2n) is 7.68. The molecule has 7 heteroatoms. The molecule has 0 spiro atoms. The fourth-order valence-corrected chi connectivity index (χ4v) is 4.39. The van der Waals surface area contributed by atoms with Crippen molar-refractivity contribution in [1.29, 1.82) is 0 Å². The molecule has 3 aliphatic rings. The zero-order valence-corrected chi connectivity index (χ0v) is 15.5. The molecule has 7 nitrogen and oxygen atoms in total. The predicted octanol–water partition coefficient (Wildman–Crippen LogP) is 2.17. The summed E-state index contributed by atoms with van der Waals surface area (Å²) in [4.78, 5) is 24.6. The maximum absolute atomic E-state index is 12.3. The molecule has 2 fully saturated rings. The van der Waals surface area contributed by atoms with Gasteiger partial charge in [0.2, 0.25) is 6.79 Å². The summed E-state index contributed by atoms with van der Waals surface area (Å²) in [6.45, 7) is 1.06. The van der Waals surface area contributed by atoms with Crippen molar-refractivity contribution in [2.24, 2.45) is 5.92 Å². The number of hydrogen-bond donors (Lipinski definition) is 3. The van der Waals surface area contributed by atoms with Crippen LogP contribution >= 0.6 is 0 Å². The summed E-state index contributed by atoms with van der Waals surface area (Å²) in [5, 5.41) is 9.15. The van der Waals surface area contributed by atoms with Crippen LogP contribution in [-0.4, -0.2) is 37.2 Å². The lowest BCUT2D eigenvalue weighted by molar-refractivity contribution is -0.136. The minimum atomic E-state index is -0.651. The highest BCUT2D eigenvalue weighted by molar-refractivity contribution is 6.39. The lowest BCUT2D eigenvalue weighted by atomic mass is 9.80. The van der Waals surface area contributed by atoms with Gasteiger partial charge in [-0.1, -0.05) is 19.3 Å². The van der Waals surface area contributed by atoms with Gasteiger partial charge in [0.15, 0.2) is 11.5 Å². The smallest absolute Gasteiger partial charge is 0.313 e. The standard InChI is InChI=1S/C20H27N3O4/c24-19(22-14-6-7-17-18(11-14)27-12-26-17)20(25)23-15-8-9-21-16(10-15)13-4-2-1-3-5-13/h6-7,11,13,15-16,21H,1-5,8-10,12H2,(H,22,24)(H,23,25). The number of fused-ring (bicyclic) bond motifs is 1. The first-order valence-electron chi connectivity index (χ1n) is 9.94. The average molecular weight is 373 g/mol. The molecule has 1 saturated heterocycles. The van der Waals surface area contributed by atoms with Gasteiger partial charge in [0.25, 0.3) is 0 Å². The Kier molecular flexibility index (Phi) is 5.48. The normalized spacial score (nSPS) is 25.0. The summed E-state index contributed by atoms with van der Waals surface area (Å²) >= 11 is 0. The number of amides is 2. The number of ether oxygens (including phenoxy) is 2. The molecule has 3 N–H and O–H groups in total. The molecule has 1 saturated carbocycles. The molecule has 4 rings (SSSR count). The Balaban J connectivity index is 1.29. The highest BCUT2D eigenvalue weighted by atomic mass is 16.7. The Morgan fingerprint density at radius 1 is 1.00 bits per heavy atom. The molecule has 1 aromatic carbocycles. The van der Waals surface area contributed by atoms with E-state index in [-0.39, 0.29) is 12.8 Å². The van der Waals surface area contributed by atoms with E-state index in [1.165, 1.54) is 32.1 Å². The highest BCUT2D eigenvalue weighted by Crippen LogP contribution is 2.34. The number of piperidine rings is 1. The van der Waals surface area contributed by atoms with Gasteiger partial charge in [-0.3, -0.25) is 9.59 Å². The van der Waals surface area contributed by atoms with E-state index < -0.39 is 11.8 Å². The van der Waals surface area contributed by atoms with E-state index in [1.807, 2.05) is 0 Å². The maximum Gasteiger partial charge on any atom is 0.313 e. The topological polar surface area (TPSA) is 88.7 Å². The Morgan fingerprint density at radius 2 is 1.81 bits per heavy atom. The second kappa shape index (κ2) is 8.17. The third-order valence-electron chi connectivity index (χ3n) is 5.83. The summed E-state index contributed by atoms with van der Waals surface area (Å²) in [7, 11) is 0. The fourth-order valence-electron chi connectivity index (χ4n) is 4.39. The van der Waals surface area contributed by atoms with Crippen LogP contribution in [0.5, 0.6) is 11.5 Å². The summed E-state index contributed by atoms with van der Waals surface area (Å²) in [6, 6.07) is 5.58. The molecule has 0 radical (unpaired) electrons. The molecule has 1 aromatic rings. The number of hydrogen-bond acceptors (Lipinski definition) is 5. The maximum atomic E-state index is 12.3. The summed E-state index contributed by atoms with van der Waals surface area (Å²) in [6.07, 6.45) is 8.23. The van der Waals surface area contributed by atoms with E-state index in [4.69, 9.17) is 9.47 Å². The molecule has 2 atom stereocenters. The van der Waals surface area contributed by atoms with Gasteiger partial charge in [-0.2, -0.15) is 0 Å². The second-order valence-corrected chi connectivity index (χ2v) is 7.68. The first-order valence-corrected chi connectivity index (χ1v) is 9.94. The predicted molar refractivity (Wildman–Crippen MR) is 101 cm³/mol. The van der Waals surface area contributed by atoms with Gasteiger partial charge in [-0.05, 0) is 50.3 Å². The molecule has 146 valence electrons. The van der Waals surface area contributed by atoms with Gasteiger partial charge in [-0.15, -0.1) is 0 Å². The van der Waals surface area contributed by atoms with Crippen molar-refractivity contribution >= 4 is 17.5 Å². The van der Waals surface area contributed by atoms with Crippen molar-refractivity contribution in [1.82, 2.24) is 10.6 Å². The van der Waals surface area contributed by atoms with Crippen molar-refractivity contribution in [3.8, 4) is 11.5 Å². The molecule has 0 bridgehead atoms. The Labute approximate surface area is 159 Å². The van der Waals surface area contributed by atoms with Crippen molar-refractivity contribution < 1.29 is 19.1 Å². The monoisotopic (exact) mass is 373 g/mol. The van der Waals surface area contributed by atoms with Gasteiger partial charge < -0.3 is 25.4 Å². The van der Waals surface area contributed by atoms with Crippen LogP contribution in [0.3, 0.4) is 0 Å². The Morgan fingerprint density at radius 3 is 2.67 bits per heavy atom. The first kappa shape index (κ1) is 18.1. The van der Waals surface area contributed by atoms with E-state index >= 15 is 0 Å². The number of benzene rings is 1. The molecule has 2 unspecified atom stereocenters. The largest absolute Gasteiger partial charge is 0.454 e. The lowest BCUT2D eigenvalue weighted by Gasteiger charge is -2.37. The van der Waals surface area contributed by atoms with Crippen LogP contribution in [0.1, 0.15) is 44.9 Å². The van der Waals surface area contributed by atoms with Crippen LogP contribution in [0.25, 0.3) is 0 Å². The molecular weight excluding hydrogens is 346 g/mol. The quantitative estimate of drug-likeness (QED) is 0.707. The van der Waals surface area contributed by atoms with Crippen LogP contribution < -0.4 is 25.4 Å². The van der Waals surface area contributed by atoms with E-state index in [9.17, 15) is 9.59 Å². The van der Waals surface area contributed by atoms with Gasteiger partial charge in [0.1, 0.15) is 0 Å². The Hall–Kier alpha value is -2.28. The van der Waals surface area contributed by atoms with Gasteiger partial charge in [-0.25, -0.2) is 0 Å². The molecular formula is C20H27N3O4. The van der Waals surface area contributed by atoms with Crippen molar-refractivity contribution in [3.63, 3.8) is 0 Å². The number of rotatable bonds is 3. The van der Waals surface area contributed by atoms with E-state index in [0.29, 0.717) is 29.1 Å². The van der Waals surface area contributed by atoms with Gasteiger partial charge in [0.05, 0.1) is 0 Å². The summed E-state index contributed by atoms with van der Waals surface area (Å²) < 4.78 is 10.5. The van der Waals surface area contributed by atoms with E-state index in [1.54, 1.807) is 18.2 Å². The van der Waals surface area contributed by atoms with Crippen LogP contribution in [-0.2, 0) is 9.59 Å². The highest BCUT2D eigenvalue weighted by Gasteiger charge is 2.30. The molecule has 2 heterocycles. The molecule has 27 heavy (non-hydrogen) atoms. The third kappa shape index (κ3) is 4.35. The van der Waals surface area contributed by atoms with Crippen molar-refractivity contribution in [2.45, 2.75) is 57.0 Å². The number of carbonyl (C=O) groups is 2. The molecule has 2 aliphatic heterocycles. The molecule has 2 amide bonds. The third-order valence-corrected chi connectivity index (χ3v) is 5.83. The van der Waals surface area contributed by atoms with Crippen LogP contribution in [0, 0.1) is 5.92 Å². The van der Waals surface area contributed by atoms with Crippen LogP contribution in [0.15, 0.2) is 18.2 Å². The lowest BCUT2D eigenvalue weighted by Crippen LogP contribution is -2.52. The van der Waals surface area contributed by atoms with Crippen molar-refractivity contribution in [2.75, 3.05) is 18.7 Å². The van der Waals surface area contributed by atoms with Crippen molar-refractivity contribution in [3.05, 3.63) is 18.2 Å². The zero-order chi connectivity index (χ0) is 18.6. The summed E-state index contributed by atoms with van der Waals surface area (Å²) in [5.41, 5.74) is 0.518. The minimum Gasteiger partial charge on any atom is -0.454 e. The van der Waals surface area contributed by atoms with Crippen LogP contribution in [0.2, 0.25) is 0 Å². The fraction of sp³-hybridized carbons (Fsp3) is 0.600. The Bertz CT molecular complexity index is 702.